The van der Waals surface area contributed by atoms with E-state index in [4.69, 9.17) is 0 Å². The topological polar surface area (TPSA) is 75.6 Å². The Balaban J connectivity index is 1.82. The van der Waals surface area contributed by atoms with Crippen molar-refractivity contribution in [1.29, 1.82) is 0 Å². The molecule has 2 aromatic heterocycles. The molecule has 0 aliphatic carbocycles. The van der Waals surface area contributed by atoms with Gasteiger partial charge in [0.25, 0.3) is 5.56 Å². The second-order valence-corrected chi connectivity index (χ2v) is 4.30. The Labute approximate surface area is 106 Å². The summed E-state index contributed by atoms with van der Waals surface area (Å²) in [6, 6.07) is 0. The molecule has 0 bridgehead atoms. The highest BCUT2D eigenvalue weighted by Crippen LogP contribution is 2.14. The molecule has 0 spiro atoms. The van der Waals surface area contributed by atoms with Gasteiger partial charge in [-0.05, 0) is 22.4 Å². The highest BCUT2D eigenvalue weighted by molar-refractivity contribution is 9.10. The van der Waals surface area contributed by atoms with Gasteiger partial charge in [0.2, 0.25) is 0 Å². The van der Waals surface area contributed by atoms with Gasteiger partial charge < -0.3 is 9.88 Å². The fourth-order valence-electron chi connectivity index (χ4n) is 1.41. The van der Waals surface area contributed by atoms with Crippen LogP contribution in [0, 0.1) is 0 Å². The first kappa shape index (κ1) is 11.8. The van der Waals surface area contributed by atoms with Gasteiger partial charge >= 0.3 is 0 Å². The van der Waals surface area contributed by atoms with Gasteiger partial charge in [-0.15, -0.1) is 0 Å². The van der Waals surface area contributed by atoms with Crippen LogP contribution in [-0.2, 0) is 6.54 Å². The number of anilines is 1. The lowest BCUT2D eigenvalue weighted by Crippen LogP contribution is -2.13. The third-order valence-electron chi connectivity index (χ3n) is 2.26. The average molecular weight is 298 g/mol. The highest BCUT2D eigenvalue weighted by atomic mass is 79.9. The summed E-state index contributed by atoms with van der Waals surface area (Å²) in [6.07, 6.45) is 7.98. The molecule has 6 nitrogen and oxygen atoms in total. The predicted molar refractivity (Wildman–Crippen MR) is 67.9 cm³/mol. The number of nitrogens with zero attached hydrogens (tertiary/aromatic N) is 3. The molecule has 0 aliphatic heterocycles. The molecule has 7 heteroatoms. The molecule has 0 unspecified atom stereocenters. The van der Waals surface area contributed by atoms with E-state index in [0.29, 0.717) is 10.2 Å². The molecule has 2 heterocycles. The minimum atomic E-state index is -0.232. The number of H-pyrrole nitrogens is 1. The Bertz CT molecular complexity index is 522. The first-order valence-electron chi connectivity index (χ1n) is 5.20. The van der Waals surface area contributed by atoms with Crippen molar-refractivity contribution in [3.05, 3.63) is 39.7 Å². The average Bonchev–Trinajstić information content (AvgIpc) is 2.83. The van der Waals surface area contributed by atoms with Crippen LogP contribution < -0.4 is 10.9 Å². The molecule has 0 atom stereocenters. The summed E-state index contributed by atoms with van der Waals surface area (Å²) in [5, 5.41) is 9.23. The number of halogens is 1. The van der Waals surface area contributed by atoms with E-state index < -0.39 is 0 Å². The van der Waals surface area contributed by atoms with Gasteiger partial charge in [-0.2, -0.15) is 5.10 Å². The number of hydrogen-bond donors (Lipinski definition) is 2. The molecule has 0 radical (unpaired) electrons. The summed E-state index contributed by atoms with van der Waals surface area (Å²) in [5.74, 6) is 0. The van der Waals surface area contributed by atoms with Crippen molar-refractivity contribution in [2.24, 2.45) is 0 Å². The summed E-state index contributed by atoms with van der Waals surface area (Å²) in [4.78, 5) is 15.2. The van der Waals surface area contributed by atoms with Crippen LogP contribution in [0.2, 0.25) is 0 Å². The number of rotatable bonds is 5. The molecule has 0 aliphatic rings. The highest BCUT2D eigenvalue weighted by Gasteiger charge is 2.02. The maximum atomic E-state index is 11.2. The van der Waals surface area contributed by atoms with Gasteiger partial charge in [-0.25, -0.2) is 10.1 Å². The lowest BCUT2D eigenvalue weighted by atomic mass is 10.4. The van der Waals surface area contributed by atoms with Gasteiger partial charge in [0.15, 0.2) is 0 Å². The molecule has 2 aromatic rings. The lowest BCUT2D eigenvalue weighted by molar-refractivity contribution is 0.660. The molecule has 0 saturated heterocycles. The van der Waals surface area contributed by atoms with E-state index in [9.17, 15) is 4.79 Å². The Morgan fingerprint density at radius 3 is 3.18 bits per heavy atom. The van der Waals surface area contributed by atoms with Crippen molar-refractivity contribution in [3.63, 3.8) is 0 Å². The molecule has 0 fully saturated rings. The van der Waals surface area contributed by atoms with E-state index in [1.807, 2.05) is 10.8 Å². The molecular weight excluding hydrogens is 286 g/mol. The van der Waals surface area contributed by atoms with Crippen LogP contribution in [0.15, 0.2) is 34.2 Å². The van der Waals surface area contributed by atoms with Crippen LogP contribution in [-0.4, -0.2) is 26.3 Å². The minimum Gasteiger partial charge on any atom is -0.383 e. The normalized spacial score (nSPS) is 10.4. The molecule has 2 rings (SSSR count). The standard InChI is InChI=1S/C10H12BrN5O/c11-9-8(6-14-15-10(9)17)13-2-1-4-16-5-3-12-7-16/h3,5-7H,1-2,4H2,(H2,13,15,17). The summed E-state index contributed by atoms with van der Waals surface area (Å²) < 4.78 is 2.49. The zero-order valence-corrected chi connectivity index (χ0v) is 10.6. The molecule has 90 valence electrons. The van der Waals surface area contributed by atoms with Crippen LogP contribution in [0.1, 0.15) is 6.42 Å². The summed E-state index contributed by atoms with van der Waals surface area (Å²) >= 11 is 3.21. The van der Waals surface area contributed by atoms with Crippen molar-refractivity contribution in [3.8, 4) is 0 Å². The van der Waals surface area contributed by atoms with Crippen LogP contribution in [0.25, 0.3) is 0 Å². The van der Waals surface area contributed by atoms with Crippen LogP contribution in [0.5, 0.6) is 0 Å². The largest absolute Gasteiger partial charge is 0.383 e. The van der Waals surface area contributed by atoms with Gasteiger partial charge in [-0.1, -0.05) is 0 Å². The van der Waals surface area contributed by atoms with Gasteiger partial charge in [-0.3, -0.25) is 4.79 Å². The van der Waals surface area contributed by atoms with Crippen molar-refractivity contribution in [2.75, 3.05) is 11.9 Å². The van der Waals surface area contributed by atoms with Crippen molar-refractivity contribution in [1.82, 2.24) is 19.7 Å². The smallest absolute Gasteiger partial charge is 0.280 e. The Morgan fingerprint density at radius 2 is 2.41 bits per heavy atom. The van der Waals surface area contributed by atoms with Gasteiger partial charge in [0.1, 0.15) is 4.47 Å². The van der Waals surface area contributed by atoms with E-state index in [-0.39, 0.29) is 5.56 Å². The van der Waals surface area contributed by atoms with Crippen molar-refractivity contribution in [2.45, 2.75) is 13.0 Å². The fourth-order valence-corrected chi connectivity index (χ4v) is 1.74. The predicted octanol–water partition coefficient (Wildman–Crippen LogP) is 1.23. The van der Waals surface area contributed by atoms with Gasteiger partial charge in [0.05, 0.1) is 18.2 Å². The van der Waals surface area contributed by atoms with Gasteiger partial charge in [0, 0.05) is 25.5 Å². The minimum absolute atomic E-state index is 0.232. The fraction of sp³-hybridized carbons (Fsp3) is 0.300. The van der Waals surface area contributed by atoms with Crippen molar-refractivity contribution >= 4 is 21.6 Å². The van der Waals surface area contributed by atoms with Crippen LogP contribution >= 0.6 is 15.9 Å². The first-order chi connectivity index (χ1) is 8.27. The lowest BCUT2D eigenvalue weighted by Gasteiger charge is -2.07. The van der Waals surface area contributed by atoms with E-state index in [0.717, 1.165) is 19.5 Å². The molecule has 0 amide bonds. The molecule has 2 N–H and O–H groups in total. The second-order valence-electron chi connectivity index (χ2n) is 3.51. The van der Waals surface area contributed by atoms with E-state index >= 15 is 0 Å². The number of imidazole rings is 1. The van der Waals surface area contributed by atoms with E-state index in [1.165, 1.54) is 0 Å². The molecular formula is C10H12BrN5O. The Hall–Kier alpha value is -1.63. The molecule has 0 saturated carbocycles. The zero-order valence-electron chi connectivity index (χ0n) is 9.06. The molecule has 0 aromatic carbocycles. The quantitative estimate of drug-likeness (QED) is 0.814. The zero-order chi connectivity index (χ0) is 12.1. The Kier molecular flexibility index (Phi) is 3.92. The summed E-state index contributed by atoms with van der Waals surface area (Å²) in [7, 11) is 0. The second kappa shape index (κ2) is 5.62. The number of nitrogens with one attached hydrogen (secondary N) is 2. The summed E-state index contributed by atoms with van der Waals surface area (Å²) in [6.45, 7) is 1.66. The van der Waals surface area contributed by atoms with Crippen LogP contribution in [0.4, 0.5) is 5.69 Å². The maximum Gasteiger partial charge on any atom is 0.280 e. The number of aromatic amines is 1. The van der Waals surface area contributed by atoms with Crippen LogP contribution in [0.3, 0.4) is 0 Å². The number of aryl methyl sites for hydroxylation is 1. The maximum absolute atomic E-state index is 11.2. The number of hydrogen-bond acceptors (Lipinski definition) is 4. The SMILES string of the molecule is O=c1[nH]ncc(NCCCn2ccnc2)c1Br. The molecule has 17 heavy (non-hydrogen) atoms. The summed E-state index contributed by atoms with van der Waals surface area (Å²) in [5.41, 5.74) is 0.476. The van der Waals surface area contributed by atoms with E-state index in [1.54, 1.807) is 18.7 Å². The monoisotopic (exact) mass is 297 g/mol. The Morgan fingerprint density at radius 1 is 1.53 bits per heavy atom. The first-order valence-corrected chi connectivity index (χ1v) is 5.99. The van der Waals surface area contributed by atoms with E-state index in [2.05, 4.69) is 36.4 Å². The number of aromatic nitrogens is 4. The third kappa shape index (κ3) is 3.16. The third-order valence-corrected chi connectivity index (χ3v) is 3.05. The van der Waals surface area contributed by atoms with Crippen molar-refractivity contribution < 1.29 is 0 Å².